The summed E-state index contributed by atoms with van der Waals surface area (Å²) in [5.41, 5.74) is 0. The van der Waals surface area contributed by atoms with E-state index in [1.54, 1.807) is 0 Å². The lowest BCUT2D eigenvalue weighted by Gasteiger charge is -2.56. The molecule has 0 aromatic carbocycles. The second-order valence-electron chi connectivity index (χ2n) is 7.69. The molecule has 4 saturated carbocycles. The minimum absolute atomic E-state index is 0.207. The van der Waals surface area contributed by atoms with E-state index in [1.165, 1.54) is 64.2 Å². The molecule has 2 nitrogen and oxygen atoms in total. The molecule has 0 unspecified atom stereocenters. The normalized spacial score (nSPS) is 48.1. The summed E-state index contributed by atoms with van der Waals surface area (Å²) in [4.78, 5) is 0. The predicted molar refractivity (Wildman–Crippen MR) is 79.1 cm³/mol. The molecule has 0 radical (unpaired) electrons. The van der Waals surface area contributed by atoms with Gasteiger partial charge in [-0.1, -0.05) is 12.8 Å². The third kappa shape index (κ3) is 2.21. The topological polar surface area (TPSA) is 20.3 Å². The maximum Gasteiger partial charge on any atom is 0.101 e. The van der Waals surface area contributed by atoms with Gasteiger partial charge in [0.15, 0.2) is 0 Å². The van der Waals surface area contributed by atoms with E-state index in [0.717, 1.165) is 30.8 Å². The van der Waals surface area contributed by atoms with Gasteiger partial charge in [0.05, 0.1) is 4.75 Å². The molecule has 5 aliphatic rings. The number of hydrogen-bond acceptors (Lipinski definition) is 1. The molecule has 1 saturated heterocycles. The van der Waals surface area contributed by atoms with E-state index in [-0.39, 0.29) is 4.75 Å². The average Bonchev–Trinajstić information content (AvgIpc) is 2.65. The van der Waals surface area contributed by atoms with E-state index in [1.807, 2.05) is 0 Å². The van der Waals surface area contributed by atoms with Crippen molar-refractivity contribution in [1.29, 1.82) is 0 Å². The van der Waals surface area contributed by atoms with Crippen LogP contribution in [0, 0.1) is 17.8 Å². The molecule has 19 heavy (non-hydrogen) atoms. The smallest absolute Gasteiger partial charge is 0.101 e. The Morgan fingerprint density at radius 3 is 1.74 bits per heavy atom. The van der Waals surface area contributed by atoms with Crippen LogP contribution in [0.3, 0.4) is 0 Å². The van der Waals surface area contributed by atoms with Crippen LogP contribution >= 0.6 is 0 Å². The highest BCUT2D eigenvalue weighted by Crippen LogP contribution is 2.58. The molecular weight excluding hydrogens is 254 g/mol. The van der Waals surface area contributed by atoms with Gasteiger partial charge in [-0.3, -0.25) is 0 Å². The average molecular weight is 281 g/mol. The van der Waals surface area contributed by atoms with Gasteiger partial charge >= 0.3 is 0 Å². The molecule has 0 spiro atoms. The Hall–Kier alpha value is 0.110. The molecule has 5 fully saturated rings. The first-order valence-corrected chi connectivity index (χ1v) is 9.53. The van der Waals surface area contributed by atoms with Crippen molar-refractivity contribution in [3.63, 3.8) is 0 Å². The minimum atomic E-state index is -0.689. The van der Waals surface area contributed by atoms with Crippen molar-refractivity contribution >= 4 is 11.0 Å². The maximum atomic E-state index is 13.2. The van der Waals surface area contributed by atoms with Crippen LogP contribution < -0.4 is 0 Å². The van der Waals surface area contributed by atoms with Gasteiger partial charge in [-0.25, -0.2) is 8.51 Å². The van der Waals surface area contributed by atoms with E-state index in [2.05, 4.69) is 4.31 Å². The zero-order chi connectivity index (χ0) is 12.9. The molecule has 1 heterocycles. The fraction of sp³-hybridized carbons (Fsp3) is 1.00. The summed E-state index contributed by atoms with van der Waals surface area (Å²) in [6.07, 6.45) is 13.4. The maximum absolute atomic E-state index is 13.2. The van der Waals surface area contributed by atoms with Gasteiger partial charge in [0.2, 0.25) is 0 Å². The molecular formula is C16H27NOS. The molecule has 0 aromatic rings. The van der Waals surface area contributed by atoms with Crippen LogP contribution in [-0.4, -0.2) is 26.4 Å². The number of hydrogen-bond donors (Lipinski definition) is 0. The standard InChI is InChI=1S/C16H27NOS/c18-19(17-5-3-1-2-4-6-17)16-10-13-7-14(11-16)9-15(8-13)12-16/h13-15H,1-12H2/t13?,14?,15?,16?,19-/m1/s1. The van der Waals surface area contributed by atoms with Crippen LogP contribution in [0.4, 0.5) is 0 Å². The van der Waals surface area contributed by atoms with Crippen molar-refractivity contribution in [3.8, 4) is 0 Å². The third-order valence-electron chi connectivity index (χ3n) is 6.15. The Morgan fingerprint density at radius 2 is 1.26 bits per heavy atom. The third-order valence-corrected chi connectivity index (χ3v) is 8.23. The lowest BCUT2D eigenvalue weighted by atomic mass is 9.56. The Labute approximate surface area is 119 Å². The lowest BCUT2D eigenvalue weighted by molar-refractivity contribution is 0.0340. The SMILES string of the molecule is O=[S@@](N1CCCCCC1)C12CC3CC(CC(C3)C1)C2. The predicted octanol–water partition coefficient (Wildman–Crippen LogP) is 3.49. The molecule has 0 N–H and O–H groups in total. The summed E-state index contributed by atoms with van der Waals surface area (Å²) in [7, 11) is -0.689. The summed E-state index contributed by atoms with van der Waals surface area (Å²) in [6.45, 7) is 2.18. The van der Waals surface area contributed by atoms with Gasteiger partial charge in [-0.05, 0) is 69.1 Å². The van der Waals surface area contributed by atoms with Gasteiger partial charge in [-0.15, -0.1) is 0 Å². The van der Waals surface area contributed by atoms with E-state index in [0.29, 0.717) is 0 Å². The van der Waals surface area contributed by atoms with E-state index >= 15 is 0 Å². The van der Waals surface area contributed by atoms with Crippen LogP contribution in [-0.2, 0) is 11.0 Å². The Morgan fingerprint density at radius 1 is 0.789 bits per heavy atom. The Kier molecular flexibility index (Phi) is 3.26. The summed E-state index contributed by atoms with van der Waals surface area (Å²) in [6, 6.07) is 0. The summed E-state index contributed by atoms with van der Waals surface area (Å²) < 4.78 is 15.8. The van der Waals surface area contributed by atoms with Crippen LogP contribution in [0.2, 0.25) is 0 Å². The van der Waals surface area contributed by atoms with E-state index in [9.17, 15) is 4.21 Å². The van der Waals surface area contributed by atoms with Crippen molar-refractivity contribution < 1.29 is 4.21 Å². The van der Waals surface area contributed by atoms with Gasteiger partial charge in [0.1, 0.15) is 11.0 Å². The molecule has 1 atom stereocenters. The van der Waals surface area contributed by atoms with Crippen molar-refractivity contribution in [1.82, 2.24) is 4.31 Å². The summed E-state index contributed by atoms with van der Waals surface area (Å²) >= 11 is 0. The van der Waals surface area contributed by atoms with E-state index in [4.69, 9.17) is 0 Å². The lowest BCUT2D eigenvalue weighted by Crippen LogP contribution is -2.56. The van der Waals surface area contributed by atoms with Crippen molar-refractivity contribution in [2.75, 3.05) is 13.1 Å². The fourth-order valence-electron chi connectivity index (χ4n) is 5.73. The second kappa shape index (κ2) is 4.84. The first-order valence-electron chi connectivity index (χ1n) is 8.42. The zero-order valence-electron chi connectivity index (χ0n) is 12.0. The summed E-state index contributed by atoms with van der Waals surface area (Å²) in [5.74, 6) is 2.76. The van der Waals surface area contributed by atoms with E-state index < -0.39 is 11.0 Å². The molecule has 0 aromatic heterocycles. The number of rotatable bonds is 2. The molecule has 108 valence electrons. The molecule has 5 rings (SSSR count). The highest BCUT2D eigenvalue weighted by atomic mass is 32.2. The Balaban J connectivity index is 1.55. The van der Waals surface area contributed by atoms with Crippen LogP contribution in [0.15, 0.2) is 0 Å². The minimum Gasteiger partial charge on any atom is -0.242 e. The Bertz CT molecular complexity index is 338. The fourth-order valence-corrected chi connectivity index (χ4v) is 8.00. The van der Waals surface area contributed by atoms with Gasteiger partial charge in [-0.2, -0.15) is 0 Å². The van der Waals surface area contributed by atoms with Crippen LogP contribution in [0.5, 0.6) is 0 Å². The highest BCUT2D eigenvalue weighted by molar-refractivity contribution is 7.84. The number of nitrogens with zero attached hydrogens (tertiary/aromatic N) is 1. The van der Waals surface area contributed by atoms with Gasteiger partial charge in [0.25, 0.3) is 0 Å². The second-order valence-corrected chi connectivity index (χ2v) is 9.57. The summed E-state index contributed by atoms with van der Waals surface area (Å²) in [5, 5.41) is 0. The largest absolute Gasteiger partial charge is 0.242 e. The zero-order valence-corrected chi connectivity index (χ0v) is 12.8. The van der Waals surface area contributed by atoms with Crippen LogP contribution in [0.1, 0.15) is 64.2 Å². The molecule has 3 heteroatoms. The highest BCUT2D eigenvalue weighted by Gasteiger charge is 2.55. The quantitative estimate of drug-likeness (QED) is 0.758. The molecule has 4 aliphatic carbocycles. The molecule has 0 amide bonds. The monoisotopic (exact) mass is 281 g/mol. The van der Waals surface area contributed by atoms with Gasteiger partial charge in [0, 0.05) is 13.1 Å². The van der Waals surface area contributed by atoms with Crippen molar-refractivity contribution in [3.05, 3.63) is 0 Å². The molecule has 4 bridgehead atoms. The first-order chi connectivity index (χ1) is 9.25. The van der Waals surface area contributed by atoms with Crippen molar-refractivity contribution in [2.45, 2.75) is 69.0 Å². The molecule has 1 aliphatic heterocycles. The van der Waals surface area contributed by atoms with Crippen LogP contribution in [0.25, 0.3) is 0 Å². The van der Waals surface area contributed by atoms with Gasteiger partial charge < -0.3 is 0 Å². The van der Waals surface area contributed by atoms with Crippen molar-refractivity contribution in [2.24, 2.45) is 17.8 Å². The first kappa shape index (κ1) is 12.8.